The van der Waals surface area contributed by atoms with Crippen LogP contribution < -0.4 is 11.5 Å². The highest BCUT2D eigenvalue weighted by Crippen LogP contribution is 2.16. The summed E-state index contributed by atoms with van der Waals surface area (Å²) < 4.78 is 26.0. The standard InChI is InChI=1S/C9H15F2N3O2.2ClH/c1-5(12)14-4-2-3-6(10)7(11)8(13)9(15)16;;/h8H,2-4,13H2,1H3,(H2,12,14)(H,15,16);2*1H/b7-6+;;. The summed E-state index contributed by atoms with van der Waals surface area (Å²) in [6.45, 7) is 1.83. The number of carboxylic acid groups (broad SMARTS) is 1. The maximum atomic E-state index is 13.0. The van der Waals surface area contributed by atoms with Gasteiger partial charge in [0.1, 0.15) is 5.83 Å². The third-order valence-corrected chi connectivity index (χ3v) is 1.71. The maximum absolute atomic E-state index is 13.0. The summed E-state index contributed by atoms with van der Waals surface area (Å²) in [5.41, 5.74) is 10.1. The van der Waals surface area contributed by atoms with Crippen molar-refractivity contribution < 1.29 is 18.7 Å². The topological polar surface area (TPSA) is 102 Å². The Hall–Kier alpha value is -0.920. The van der Waals surface area contributed by atoms with Gasteiger partial charge in [-0.25, -0.2) is 8.78 Å². The monoisotopic (exact) mass is 307 g/mol. The number of carbonyl (C=O) groups is 1. The van der Waals surface area contributed by atoms with Crippen LogP contribution in [-0.2, 0) is 4.79 Å². The summed E-state index contributed by atoms with van der Waals surface area (Å²) in [4.78, 5) is 14.0. The first-order valence-electron chi connectivity index (χ1n) is 4.65. The summed E-state index contributed by atoms with van der Waals surface area (Å²) in [6.07, 6.45) is -0.0102. The Morgan fingerprint density at radius 2 is 1.89 bits per heavy atom. The summed E-state index contributed by atoms with van der Waals surface area (Å²) in [5.74, 6) is -3.85. The molecule has 0 saturated carbocycles. The first-order valence-corrected chi connectivity index (χ1v) is 4.65. The molecular weight excluding hydrogens is 291 g/mol. The predicted octanol–water partition coefficient (Wildman–Crippen LogP) is 1.55. The van der Waals surface area contributed by atoms with E-state index in [1.54, 1.807) is 6.92 Å². The molecule has 1 unspecified atom stereocenters. The fourth-order valence-electron chi connectivity index (χ4n) is 0.886. The fraction of sp³-hybridized carbons (Fsp3) is 0.556. The van der Waals surface area contributed by atoms with Crippen molar-refractivity contribution in [1.29, 1.82) is 0 Å². The zero-order valence-corrected chi connectivity index (χ0v) is 11.4. The summed E-state index contributed by atoms with van der Waals surface area (Å²) in [6, 6.07) is -1.94. The molecule has 0 fully saturated rings. The Labute approximate surface area is 116 Å². The third kappa shape index (κ3) is 9.15. The van der Waals surface area contributed by atoms with Gasteiger partial charge in [0.2, 0.25) is 0 Å². The number of aliphatic imine (C=N–C) groups is 1. The van der Waals surface area contributed by atoms with E-state index in [1.807, 2.05) is 0 Å². The zero-order valence-electron chi connectivity index (χ0n) is 9.73. The van der Waals surface area contributed by atoms with E-state index in [9.17, 15) is 13.6 Å². The lowest BCUT2D eigenvalue weighted by Gasteiger charge is -2.04. The van der Waals surface area contributed by atoms with Crippen molar-refractivity contribution in [3.05, 3.63) is 11.7 Å². The molecule has 0 aromatic rings. The Bertz CT molecular complexity index is 321. The zero-order chi connectivity index (χ0) is 12.7. The normalized spacial score (nSPS) is 13.9. The smallest absolute Gasteiger partial charge is 0.327 e. The van der Waals surface area contributed by atoms with Gasteiger partial charge >= 0.3 is 5.97 Å². The fourth-order valence-corrected chi connectivity index (χ4v) is 0.886. The first-order chi connectivity index (χ1) is 7.36. The van der Waals surface area contributed by atoms with Gasteiger partial charge in [0.05, 0.1) is 5.84 Å². The molecule has 9 heteroatoms. The molecule has 0 aliphatic heterocycles. The van der Waals surface area contributed by atoms with Crippen molar-refractivity contribution in [1.82, 2.24) is 0 Å². The molecular formula is C9H17Cl2F2N3O2. The highest BCUT2D eigenvalue weighted by atomic mass is 35.5. The lowest BCUT2D eigenvalue weighted by molar-refractivity contribution is -0.138. The van der Waals surface area contributed by atoms with Gasteiger partial charge < -0.3 is 16.6 Å². The number of nitrogens with two attached hydrogens (primary N) is 2. The summed E-state index contributed by atoms with van der Waals surface area (Å²) >= 11 is 0. The average Bonchev–Trinajstić information content (AvgIpc) is 2.21. The van der Waals surface area contributed by atoms with Gasteiger partial charge in [-0.3, -0.25) is 9.79 Å². The molecule has 0 spiro atoms. The molecule has 0 bridgehead atoms. The minimum absolute atomic E-state index is 0. The van der Waals surface area contributed by atoms with E-state index in [4.69, 9.17) is 16.6 Å². The molecule has 0 aromatic carbocycles. The van der Waals surface area contributed by atoms with Crippen LogP contribution >= 0.6 is 24.8 Å². The molecule has 0 aliphatic rings. The second-order valence-electron chi connectivity index (χ2n) is 3.20. The number of amidine groups is 1. The number of hydrogen-bond donors (Lipinski definition) is 3. The van der Waals surface area contributed by atoms with Crippen LogP contribution in [0.15, 0.2) is 16.6 Å². The molecule has 5 N–H and O–H groups in total. The molecule has 18 heavy (non-hydrogen) atoms. The second-order valence-corrected chi connectivity index (χ2v) is 3.20. The van der Waals surface area contributed by atoms with Crippen LogP contribution in [0.3, 0.4) is 0 Å². The van der Waals surface area contributed by atoms with Gasteiger partial charge in [0, 0.05) is 13.0 Å². The molecule has 0 rings (SSSR count). The molecule has 0 radical (unpaired) electrons. The highest BCUT2D eigenvalue weighted by molar-refractivity contribution is 5.85. The van der Waals surface area contributed by atoms with Crippen molar-refractivity contribution in [3.63, 3.8) is 0 Å². The van der Waals surface area contributed by atoms with Crippen molar-refractivity contribution in [3.8, 4) is 0 Å². The number of aliphatic carboxylic acids is 1. The SMILES string of the molecule is CC(N)=NCCC/C(F)=C(\F)C(N)C(=O)O.Cl.Cl. The van der Waals surface area contributed by atoms with Crippen LogP contribution in [0.2, 0.25) is 0 Å². The van der Waals surface area contributed by atoms with Crippen LogP contribution in [0.1, 0.15) is 19.8 Å². The predicted molar refractivity (Wildman–Crippen MR) is 70.7 cm³/mol. The number of nitrogens with zero attached hydrogens (tertiary/aromatic N) is 1. The Morgan fingerprint density at radius 3 is 2.28 bits per heavy atom. The molecule has 0 amide bonds. The number of hydrogen-bond acceptors (Lipinski definition) is 3. The number of carboxylic acids is 1. The van der Waals surface area contributed by atoms with E-state index in [0.29, 0.717) is 5.84 Å². The largest absolute Gasteiger partial charge is 0.480 e. The number of rotatable bonds is 6. The van der Waals surface area contributed by atoms with Crippen LogP contribution in [0.5, 0.6) is 0 Å². The Morgan fingerprint density at radius 1 is 1.39 bits per heavy atom. The molecule has 0 aliphatic carbocycles. The van der Waals surface area contributed by atoms with Crippen LogP contribution in [-0.4, -0.2) is 29.5 Å². The molecule has 0 saturated heterocycles. The van der Waals surface area contributed by atoms with Gasteiger partial charge in [0.15, 0.2) is 11.9 Å². The minimum Gasteiger partial charge on any atom is -0.480 e. The van der Waals surface area contributed by atoms with E-state index in [2.05, 4.69) is 4.99 Å². The van der Waals surface area contributed by atoms with Crippen molar-refractivity contribution in [2.45, 2.75) is 25.8 Å². The van der Waals surface area contributed by atoms with Gasteiger partial charge in [-0.1, -0.05) is 0 Å². The van der Waals surface area contributed by atoms with Crippen molar-refractivity contribution in [2.75, 3.05) is 6.54 Å². The quantitative estimate of drug-likeness (QED) is 0.393. The minimum atomic E-state index is -1.94. The van der Waals surface area contributed by atoms with Gasteiger partial charge in [0.25, 0.3) is 0 Å². The maximum Gasteiger partial charge on any atom is 0.327 e. The van der Waals surface area contributed by atoms with Crippen LogP contribution in [0, 0.1) is 0 Å². The van der Waals surface area contributed by atoms with Gasteiger partial charge in [-0.15, -0.1) is 24.8 Å². The molecule has 0 heterocycles. The van der Waals surface area contributed by atoms with Gasteiger partial charge in [-0.05, 0) is 13.3 Å². The second kappa shape index (κ2) is 11.2. The Kier molecular flexibility index (Phi) is 13.8. The lowest BCUT2D eigenvalue weighted by atomic mass is 10.2. The van der Waals surface area contributed by atoms with Crippen molar-refractivity contribution >= 4 is 36.6 Å². The third-order valence-electron chi connectivity index (χ3n) is 1.71. The number of halogens is 4. The average molecular weight is 308 g/mol. The molecule has 5 nitrogen and oxygen atoms in total. The molecule has 0 aromatic heterocycles. The summed E-state index contributed by atoms with van der Waals surface area (Å²) in [5, 5.41) is 8.34. The van der Waals surface area contributed by atoms with E-state index >= 15 is 0 Å². The molecule has 108 valence electrons. The lowest BCUT2D eigenvalue weighted by Crippen LogP contribution is -2.31. The van der Waals surface area contributed by atoms with Crippen LogP contribution in [0.4, 0.5) is 8.78 Å². The highest BCUT2D eigenvalue weighted by Gasteiger charge is 2.21. The first kappa shape index (κ1) is 22.3. The summed E-state index contributed by atoms with van der Waals surface area (Å²) in [7, 11) is 0. The molecule has 1 atom stereocenters. The number of allylic oxidation sites excluding steroid dienone is 1. The Balaban J connectivity index is -0.00000112. The van der Waals surface area contributed by atoms with E-state index in [1.165, 1.54) is 0 Å². The van der Waals surface area contributed by atoms with E-state index in [0.717, 1.165) is 0 Å². The van der Waals surface area contributed by atoms with E-state index < -0.39 is 23.7 Å². The van der Waals surface area contributed by atoms with Crippen molar-refractivity contribution in [2.24, 2.45) is 16.5 Å². The van der Waals surface area contributed by atoms with Gasteiger partial charge in [-0.2, -0.15) is 0 Å². The van der Waals surface area contributed by atoms with Crippen LogP contribution in [0.25, 0.3) is 0 Å². The van der Waals surface area contributed by atoms with E-state index in [-0.39, 0.29) is 44.2 Å².